The summed E-state index contributed by atoms with van der Waals surface area (Å²) in [4.78, 5) is 2.47. The fourth-order valence-corrected chi connectivity index (χ4v) is 3.80. The van der Waals surface area contributed by atoms with Crippen LogP contribution in [0.25, 0.3) is 0 Å². The fourth-order valence-electron chi connectivity index (χ4n) is 3.46. The van der Waals surface area contributed by atoms with Crippen molar-refractivity contribution >= 4 is 15.9 Å². The minimum atomic E-state index is -0.403. The van der Waals surface area contributed by atoms with Crippen LogP contribution in [0.4, 0.5) is 0 Å². The van der Waals surface area contributed by atoms with E-state index in [4.69, 9.17) is 4.74 Å². The summed E-state index contributed by atoms with van der Waals surface area (Å²) in [7, 11) is 0. The molecule has 0 bridgehead atoms. The zero-order valence-corrected chi connectivity index (χ0v) is 13.5. The Balaban J connectivity index is 1.86. The smallest absolute Gasteiger partial charge is 0.127 e. The Morgan fingerprint density at radius 2 is 2.25 bits per heavy atom. The lowest BCUT2D eigenvalue weighted by atomic mass is 9.83. The molecular formula is C16H22BrNO2. The SMILES string of the molecule is CCN1CCCC2(CC1)CC(O)c1ccc(Br)cc1O2. The van der Waals surface area contributed by atoms with Crippen molar-refractivity contribution in [3.8, 4) is 5.75 Å². The number of likely N-dealkylation sites (tertiary alicyclic amines) is 1. The molecule has 0 saturated carbocycles. The third-order valence-electron chi connectivity index (χ3n) is 4.66. The van der Waals surface area contributed by atoms with Crippen LogP contribution < -0.4 is 4.74 Å². The molecule has 110 valence electrons. The minimum absolute atomic E-state index is 0.183. The number of ether oxygens (including phenoxy) is 1. The summed E-state index contributed by atoms with van der Waals surface area (Å²) in [5.41, 5.74) is 0.743. The summed E-state index contributed by atoms with van der Waals surface area (Å²) in [5.74, 6) is 0.850. The van der Waals surface area contributed by atoms with Gasteiger partial charge in [0.05, 0.1) is 6.10 Å². The van der Waals surface area contributed by atoms with Crippen molar-refractivity contribution in [2.75, 3.05) is 19.6 Å². The average Bonchev–Trinajstić information content (AvgIpc) is 2.60. The second-order valence-electron chi connectivity index (χ2n) is 5.97. The molecule has 0 radical (unpaired) electrons. The molecule has 0 aliphatic carbocycles. The van der Waals surface area contributed by atoms with E-state index in [0.717, 1.165) is 61.1 Å². The Bertz CT molecular complexity index is 493. The molecule has 0 amide bonds. The van der Waals surface area contributed by atoms with E-state index in [2.05, 4.69) is 27.8 Å². The predicted octanol–water partition coefficient (Wildman–Crippen LogP) is 3.51. The number of fused-ring (bicyclic) bond motifs is 1. The third kappa shape index (κ3) is 2.74. The first-order valence-corrected chi connectivity index (χ1v) is 8.30. The van der Waals surface area contributed by atoms with Gasteiger partial charge < -0.3 is 14.7 Å². The lowest BCUT2D eigenvalue weighted by Crippen LogP contribution is -2.42. The molecular weight excluding hydrogens is 318 g/mol. The average molecular weight is 340 g/mol. The van der Waals surface area contributed by atoms with E-state index in [9.17, 15) is 5.11 Å². The lowest BCUT2D eigenvalue weighted by Gasteiger charge is -2.40. The maximum atomic E-state index is 10.5. The van der Waals surface area contributed by atoms with Gasteiger partial charge in [0.1, 0.15) is 11.4 Å². The molecule has 3 rings (SSSR count). The second kappa shape index (κ2) is 5.66. The van der Waals surface area contributed by atoms with Crippen LogP contribution in [0.15, 0.2) is 22.7 Å². The number of hydrogen-bond acceptors (Lipinski definition) is 3. The zero-order chi connectivity index (χ0) is 14.2. The molecule has 2 atom stereocenters. The van der Waals surface area contributed by atoms with E-state index in [1.54, 1.807) is 0 Å². The zero-order valence-electron chi connectivity index (χ0n) is 11.9. The van der Waals surface area contributed by atoms with Crippen LogP contribution >= 0.6 is 15.9 Å². The van der Waals surface area contributed by atoms with Gasteiger partial charge >= 0.3 is 0 Å². The summed E-state index contributed by atoms with van der Waals surface area (Å²) in [6.45, 7) is 5.51. The molecule has 2 aliphatic rings. The number of benzene rings is 1. The third-order valence-corrected chi connectivity index (χ3v) is 5.16. The first kappa shape index (κ1) is 14.4. The Hall–Kier alpha value is -0.580. The Kier molecular flexibility index (Phi) is 4.07. The van der Waals surface area contributed by atoms with Crippen LogP contribution in [0, 0.1) is 0 Å². The molecule has 0 aromatic heterocycles. The highest BCUT2D eigenvalue weighted by atomic mass is 79.9. The quantitative estimate of drug-likeness (QED) is 0.849. The highest BCUT2D eigenvalue weighted by Gasteiger charge is 2.41. The van der Waals surface area contributed by atoms with Crippen molar-refractivity contribution in [2.45, 2.75) is 44.3 Å². The van der Waals surface area contributed by atoms with Crippen molar-refractivity contribution in [3.63, 3.8) is 0 Å². The van der Waals surface area contributed by atoms with Gasteiger partial charge in [-0.3, -0.25) is 0 Å². The maximum Gasteiger partial charge on any atom is 0.127 e. The highest BCUT2D eigenvalue weighted by molar-refractivity contribution is 9.10. The van der Waals surface area contributed by atoms with Gasteiger partial charge in [-0.25, -0.2) is 0 Å². The van der Waals surface area contributed by atoms with E-state index in [-0.39, 0.29) is 5.60 Å². The first-order chi connectivity index (χ1) is 9.62. The standard InChI is InChI=1S/C16H22BrNO2/c1-2-18-8-3-6-16(7-9-18)11-14(19)13-5-4-12(17)10-15(13)20-16/h4-5,10,14,19H,2-3,6-9,11H2,1H3. The van der Waals surface area contributed by atoms with E-state index in [0.29, 0.717) is 0 Å². The summed E-state index contributed by atoms with van der Waals surface area (Å²) in [6, 6.07) is 5.92. The molecule has 1 N–H and O–H groups in total. The largest absolute Gasteiger partial charge is 0.487 e. The number of aliphatic hydroxyl groups excluding tert-OH is 1. The van der Waals surface area contributed by atoms with Gasteiger partial charge in [0.15, 0.2) is 0 Å². The number of rotatable bonds is 1. The van der Waals surface area contributed by atoms with Crippen molar-refractivity contribution < 1.29 is 9.84 Å². The monoisotopic (exact) mass is 339 g/mol. The molecule has 1 spiro atoms. The van der Waals surface area contributed by atoms with Crippen LogP contribution in [0.3, 0.4) is 0 Å². The van der Waals surface area contributed by atoms with Gasteiger partial charge in [0.25, 0.3) is 0 Å². The number of halogens is 1. The van der Waals surface area contributed by atoms with E-state index < -0.39 is 6.10 Å². The van der Waals surface area contributed by atoms with Gasteiger partial charge in [0, 0.05) is 23.0 Å². The van der Waals surface area contributed by atoms with E-state index in [1.807, 2.05) is 18.2 Å². The molecule has 4 heteroatoms. The predicted molar refractivity (Wildman–Crippen MR) is 83.0 cm³/mol. The molecule has 20 heavy (non-hydrogen) atoms. The Morgan fingerprint density at radius 3 is 3.05 bits per heavy atom. The molecule has 1 aromatic carbocycles. The summed E-state index contributed by atoms with van der Waals surface area (Å²) >= 11 is 3.49. The Labute approximate surface area is 129 Å². The topological polar surface area (TPSA) is 32.7 Å². The summed E-state index contributed by atoms with van der Waals surface area (Å²) in [5, 5.41) is 10.5. The van der Waals surface area contributed by atoms with Crippen LogP contribution in [0.1, 0.15) is 44.3 Å². The van der Waals surface area contributed by atoms with Crippen LogP contribution in [0.5, 0.6) is 5.75 Å². The molecule has 2 aliphatic heterocycles. The van der Waals surface area contributed by atoms with Crippen LogP contribution in [0.2, 0.25) is 0 Å². The van der Waals surface area contributed by atoms with Crippen molar-refractivity contribution in [2.24, 2.45) is 0 Å². The molecule has 3 nitrogen and oxygen atoms in total. The fraction of sp³-hybridized carbons (Fsp3) is 0.625. The number of hydrogen-bond donors (Lipinski definition) is 1. The molecule has 2 heterocycles. The van der Waals surface area contributed by atoms with Crippen LogP contribution in [-0.2, 0) is 0 Å². The van der Waals surface area contributed by atoms with Gasteiger partial charge in [-0.1, -0.05) is 28.9 Å². The molecule has 1 fully saturated rings. The number of nitrogens with zero attached hydrogens (tertiary/aromatic N) is 1. The normalized spacial score (nSPS) is 30.6. The van der Waals surface area contributed by atoms with Gasteiger partial charge in [-0.15, -0.1) is 0 Å². The van der Waals surface area contributed by atoms with Gasteiger partial charge in [0.2, 0.25) is 0 Å². The summed E-state index contributed by atoms with van der Waals surface area (Å²) < 4.78 is 7.37. The maximum absolute atomic E-state index is 10.5. The second-order valence-corrected chi connectivity index (χ2v) is 6.89. The van der Waals surface area contributed by atoms with Crippen molar-refractivity contribution in [1.29, 1.82) is 0 Å². The highest BCUT2D eigenvalue weighted by Crippen LogP contribution is 2.44. The lowest BCUT2D eigenvalue weighted by molar-refractivity contribution is -0.0238. The van der Waals surface area contributed by atoms with E-state index in [1.165, 1.54) is 0 Å². The number of aliphatic hydroxyl groups is 1. The first-order valence-electron chi connectivity index (χ1n) is 7.51. The van der Waals surface area contributed by atoms with Crippen LogP contribution in [-0.4, -0.2) is 35.2 Å². The van der Waals surface area contributed by atoms with Gasteiger partial charge in [-0.2, -0.15) is 0 Å². The molecule has 1 saturated heterocycles. The minimum Gasteiger partial charge on any atom is -0.487 e. The van der Waals surface area contributed by atoms with Gasteiger partial charge in [-0.05, 0) is 44.5 Å². The van der Waals surface area contributed by atoms with Crippen molar-refractivity contribution in [1.82, 2.24) is 4.90 Å². The Morgan fingerprint density at radius 1 is 1.40 bits per heavy atom. The summed E-state index contributed by atoms with van der Waals surface area (Å²) in [6.07, 6.45) is 3.50. The van der Waals surface area contributed by atoms with Crippen molar-refractivity contribution in [3.05, 3.63) is 28.2 Å². The van der Waals surface area contributed by atoms with E-state index >= 15 is 0 Å². The molecule has 2 unspecified atom stereocenters. The molecule has 1 aromatic rings.